The van der Waals surface area contributed by atoms with E-state index in [1.54, 1.807) is 54.7 Å². The largest absolute Gasteiger partial charge is 0.457 e. The highest BCUT2D eigenvalue weighted by Crippen LogP contribution is 2.28. The molecule has 8 heteroatoms. The van der Waals surface area contributed by atoms with Gasteiger partial charge < -0.3 is 9.73 Å². The van der Waals surface area contributed by atoms with E-state index in [-0.39, 0.29) is 5.11 Å². The van der Waals surface area contributed by atoms with Gasteiger partial charge in [-0.15, -0.1) is 0 Å². The van der Waals surface area contributed by atoms with Crippen LogP contribution in [-0.2, 0) is 4.79 Å². The van der Waals surface area contributed by atoms with Gasteiger partial charge in [0.2, 0.25) is 5.91 Å². The third-order valence-corrected chi connectivity index (χ3v) is 3.96. The van der Waals surface area contributed by atoms with Gasteiger partial charge in [0, 0.05) is 27.9 Å². The van der Waals surface area contributed by atoms with Crippen molar-refractivity contribution in [1.29, 1.82) is 0 Å². The molecule has 3 aromatic rings. The van der Waals surface area contributed by atoms with E-state index in [1.807, 2.05) is 0 Å². The highest BCUT2D eigenvalue weighted by molar-refractivity contribution is 7.80. The second-order valence-corrected chi connectivity index (χ2v) is 6.63. The minimum Gasteiger partial charge on any atom is -0.457 e. The lowest BCUT2D eigenvalue weighted by molar-refractivity contribution is -0.115. The summed E-state index contributed by atoms with van der Waals surface area (Å²) in [5.41, 5.74) is 0.748. The highest BCUT2D eigenvalue weighted by Gasteiger charge is 2.07. The molecule has 0 aliphatic rings. The molecule has 0 radical (unpaired) electrons. The quantitative estimate of drug-likeness (QED) is 0.452. The summed E-state index contributed by atoms with van der Waals surface area (Å²) in [5.74, 6) is 1.24. The molecule has 27 heavy (non-hydrogen) atoms. The molecule has 0 aliphatic heterocycles. The number of nitrogens with one attached hydrogen (secondary N) is 2. The van der Waals surface area contributed by atoms with Gasteiger partial charge in [-0.1, -0.05) is 29.3 Å². The van der Waals surface area contributed by atoms with Crippen molar-refractivity contribution in [2.24, 2.45) is 0 Å². The zero-order valence-electron chi connectivity index (χ0n) is 13.8. The van der Waals surface area contributed by atoms with Crippen molar-refractivity contribution in [1.82, 2.24) is 10.3 Å². The molecule has 0 unspecified atom stereocenters. The van der Waals surface area contributed by atoms with Crippen LogP contribution >= 0.6 is 35.4 Å². The smallest absolute Gasteiger partial charge is 0.250 e. The zero-order chi connectivity index (χ0) is 19.2. The van der Waals surface area contributed by atoms with Crippen LogP contribution < -0.4 is 10.6 Å². The molecule has 1 aromatic carbocycles. The average molecular weight is 418 g/mol. The summed E-state index contributed by atoms with van der Waals surface area (Å²) in [6.45, 7) is 0. The number of carbonyl (C=O) groups excluding carboxylic acids is 1. The minimum absolute atomic E-state index is 0.150. The summed E-state index contributed by atoms with van der Waals surface area (Å²) in [4.78, 5) is 16.0. The van der Waals surface area contributed by atoms with Gasteiger partial charge >= 0.3 is 0 Å². The van der Waals surface area contributed by atoms with E-state index in [0.29, 0.717) is 27.4 Å². The fourth-order valence-electron chi connectivity index (χ4n) is 2.19. The van der Waals surface area contributed by atoms with Crippen molar-refractivity contribution in [2.45, 2.75) is 0 Å². The molecule has 2 aromatic heterocycles. The predicted octanol–water partition coefficient (Wildman–Crippen LogP) is 5.17. The molecular weight excluding hydrogens is 405 g/mol. The predicted molar refractivity (Wildman–Crippen MR) is 112 cm³/mol. The number of hydrogen-bond donors (Lipinski definition) is 2. The monoisotopic (exact) mass is 417 g/mol. The van der Waals surface area contributed by atoms with E-state index in [2.05, 4.69) is 15.6 Å². The molecule has 2 N–H and O–H groups in total. The maximum atomic E-state index is 12.0. The molecule has 0 saturated heterocycles. The van der Waals surface area contributed by atoms with E-state index in [9.17, 15) is 4.79 Å². The molecule has 5 nitrogen and oxygen atoms in total. The molecule has 0 aliphatic carbocycles. The Balaban J connectivity index is 1.60. The summed E-state index contributed by atoms with van der Waals surface area (Å²) in [6, 6.07) is 14.0. The summed E-state index contributed by atoms with van der Waals surface area (Å²) in [5, 5.41) is 6.52. The first-order valence-corrected chi connectivity index (χ1v) is 8.93. The topological polar surface area (TPSA) is 67.2 Å². The van der Waals surface area contributed by atoms with Crippen molar-refractivity contribution in [3.05, 3.63) is 76.6 Å². The third kappa shape index (κ3) is 5.65. The lowest BCUT2D eigenvalue weighted by Crippen LogP contribution is -2.33. The van der Waals surface area contributed by atoms with Crippen LogP contribution in [0.3, 0.4) is 0 Å². The maximum Gasteiger partial charge on any atom is 0.250 e. The molecule has 0 bridgehead atoms. The third-order valence-electron chi connectivity index (χ3n) is 3.32. The van der Waals surface area contributed by atoms with Crippen molar-refractivity contribution >= 4 is 58.3 Å². The Labute approximate surface area is 171 Å². The normalized spacial score (nSPS) is 10.7. The number of rotatable bonds is 4. The molecule has 0 atom stereocenters. The number of halogens is 2. The van der Waals surface area contributed by atoms with Gasteiger partial charge in [-0.3, -0.25) is 10.1 Å². The summed E-state index contributed by atoms with van der Waals surface area (Å²) < 4.78 is 5.69. The van der Waals surface area contributed by atoms with Crippen molar-refractivity contribution in [2.75, 3.05) is 5.32 Å². The number of carbonyl (C=O) groups is 1. The fourth-order valence-corrected chi connectivity index (χ4v) is 2.92. The van der Waals surface area contributed by atoms with Crippen molar-refractivity contribution < 1.29 is 9.21 Å². The maximum absolute atomic E-state index is 12.0. The first-order valence-electron chi connectivity index (χ1n) is 7.77. The van der Waals surface area contributed by atoms with Gasteiger partial charge in [0.1, 0.15) is 17.3 Å². The van der Waals surface area contributed by atoms with Crippen LogP contribution in [0.5, 0.6) is 0 Å². The Morgan fingerprint density at radius 2 is 1.89 bits per heavy atom. The number of pyridine rings is 1. The minimum atomic E-state index is -0.396. The van der Waals surface area contributed by atoms with Crippen LogP contribution in [0.4, 0.5) is 5.82 Å². The molecular formula is C19H13Cl2N3O2S. The van der Waals surface area contributed by atoms with Gasteiger partial charge in [0.25, 0.3) is 0 Å². The van der Waals surface area contributed by atoms with Crippen molar-refractivity contribution in [3.63, 3.8) is 0 Å². The molecule has 2 heterocycles. The number of hydrogen-bond acceptors (Lipinski definition) is 4. The second kappa shape index (κ2) is 8.81. The van der Waals surface area contributed by atoms with Gasteiger partial charge in [-0.2, -0.15) is 0 Å². The first kappa shape index (κ1) is 19.1. The Morgan fingerprint density at radius 1 is 1.11 bits per heavy atom. The number of furan rings is 1. The summed E-state index contributed by atoms with van der Waals surface area (Å²) in [6.07, 6.45) is 4.47. The van der Waals surface area contributed by atoms with Crippen LogP contribution in [0.15, 0.2) is 65.2 Å². The number of aromatic nitrogens is 1. The van der Waals surface area contributed by atoms with Gasteiger partial charge in [0.05, 0.1) is 0 Å². The van der Waals surface area contributed by atoms with E-state index >= 15 is 0 Å². The molecule has 0 fully saturated rings. The second-order valence-electron chi connectivity index (χ2n) is 5.35. The van der Waals surface area contributed by atoms with Gasteiger partial charge in [-0.05, 0) is 60.8 Å². The molecule has 3 rings (SSSR count). The number of amides is 1. The number of nitrogens with zero attached hydrogens (tertiary/aromatic N) is 1. The SMILES string of the molecule is O=C(/C=C/c1ccc(-c2cc(Cl)cc(Cl)c2)o1)NC(=S)Nc1ccccn1. The number of thiocarbonyl (C=S) groups is 1. The molecule has 0 spiro atoms. The van der Waals surface area contributed by atoms with Crippen LogP contribution in [0.25, 0.3) is 17.4 Å². The first-order chi connectivity index (χ1) is 13.0. The number of anilines is 1. The van der Waals surface area contributed by atoms with Crippen LogP contribution in [0, 0.1) is 0 Å². The van der Waals surface area contributed by atoms with Crippen LogP contribution in [0.2, 0.25) is 10.0 Å². The number of benzene rings is 1. The van der Waals surface area contributed by atoms with Crippen molar-refractivity contribution in [3.8, 4) is 11.3 Å². The average Bonchev–Trinajstić information content (AvgIpc) is 3.09. The lowest BCUT2D eigenvalue weighted by atomic mass is 10.2. The van der Waals surface area contributed by atoms with E-state index < -0.39 is 5.91 Å². The Kier molecular flexibility index (Phi) is 6.24. The molecule has 0 saturated carbocycles. The highest BCUT2D eigenvalue weighted by atomic mass is 35.5. The molecule has 1 amide bonds. The standard InChI is InChI=1S/C19H13Cl2N3O2S/c20-13-9-12(10-14(21)11-13)16-6-4-15(26-16)5-7-18(25)24-19(27)23-17-3-1-2-8-22-17/h1-11H,(H2,22,23,24,25,27)/b7-5+. The lowest BCUT2D eigenvalue weighted by Gasteiger charge is -2.06. The van der Waals surface area contributed by atoms with Gasteiger partial charge in [-0.25, -0.2) is 4.98 Å². The zero-order valence-corrected chi connectivity index (χ0v) is 16.1. The van der Waals surface area contributed by atoms with Gasteiger partial charge in [0.15, 0.2) is 5.11 Å². The van der Waals surface area contributed by atoms with E-state index in [1.165, 1.54) is 12.2 Å². The molecule has 136 valence electrons. The summed E-state index contributed by atoms with van der Waals surface area (Å²) in [7, 11) is 0. The van der Waals surface area contributed by atoms with E-state index in [0.717, 1.165) is 5.56 Å². The Hall–Kier alpha value is -2.67. The van der Waals surface area contributed by atoms with Crippen LogP contribution in [0.1, 0.15) is 5.76 Å². The fraction of sp³-hybridized carbons (Fsp3) is 0. The van der Waals surface area contributed by atoms with Crippen LogP contribution in [-0.4, -0.2) is 16.0 Å². The Bertz CT molecular complexity index is 983. The van der Waals surface area contributed by atoms with E-state index in [4.69, 9.17) is 39.8 Å². The summed E-state index contributed by atoms with van der Waals surface area (Å²) >= 11 is 17.1. The Morgan fingerprint density at radius 3 is 2.59 bits per heavy atom.